The lowest BCUT2D eigenvalue weighted by atomic mass is 10.0. The summed E-state index contributed by atoms with van der Waals surface area (Å²) in [7, 11) is 0. The first-order chi connectivity index (χ1) is 9.18. The lowest BCUT2D eigenvalue weighted by Crippen LogP contribution is -2.29. The van der Waals surface area contributed by atoms with Crippen LogP contribution in [0.15, 0.2) is 60.7 Å². The first-order valence-electron chi connectivity index (χ1n) is 6.18. The molecule has 0 aromatic heterocycles. The van der Waals surface area contributed by atoms with Gasteiger partial charge in [-0.15, -0.1) is 0 Å². The standard InChI is InChI=1S/C15H16N2O2/c1-12(17(18)19)15(13-8-4-2-5-9-13)16-14-10-6-3-7-11-14/h2-12,15-16H,1H3/t12-,15-/m0/s1. The van der Waals surface area contributed by atoms with Gasteiger partial charge in [-0.25, -0.2) is 0 Å². The average molecular weight is 256 g/mol. The number of anilines is 1. The second-order valence-electron chi connectivity index (χ2n) is 4.42. The molecule has 0 saturated carbocycles. The van der Waals surface area contributed by atoms with Crippen LogP contribution in [0, 0.1) is 10.1 Å². The van der Waals surface area contributed by atoms with Crippen LogP contribution in [0.4, 0.5) is 5.69 Å². The molecule has 0 amide bonds. The van der Waals surface area contributed by atoms with Crippen LogP contribution < -0.4 is 5.32 Å². The summed E-state index contributed by atoms with van der Waals surface area (Å²) >= 11 is 0. The molecule has 0 spiro atoms. The highest BCUT2D eigenvalue weighted by atomic mass is 16.6. The monoisotopic (exact) mass is 256 g/mol. The van der Waals surface area contributed by atoms with Crippen LogP contribution in [0.3, 0.4) is 0 Å². The minimum atomic E-state index is -0.706. The number of nitrogens with one attached hydrogen (secondary N) is 1. The summed E-state index contributed by atoms with van der Waals surface area (Å²) in [5, 5.41) is 14.3. The van der Waals surface area contributed by atoms with Crippen molar-refractivity contribution < 1.29 is 4.92 Å². The highest BCUT2D eigenvalue weighted by molar-refractivity contribution is 5.45. The lowest BCUT2D eigenvalue weighted by Gasteiger charge is -2.21. The van der Waals surface area contributed by atoms with E-state index in [0.717, 1.165) is 11.3 Å². The van der Waals surface area contributed by atoms with Crippen molar-refractivity contribution in [3.8, 4) is 0 Å². The molecule has 2 atom stereocenters. The Balaban J connectivity index is 2.27. The van der Waals surface area contributed by atoms with Crippen LogP contribution in [0.2, 0.25) is 0 Å². The van der Waals surface area contributed by atoms with Gasteiger partial charge in [0, 0.05) is 17.5 Å². The zero-order chi connectivity index (χ0) is 13.7. The van der Waals surface area contributed by atoms with E-state index in [4.69, 9.17) is 0 Å². The maximum absolute atomic E-state index is 11.1. The van der Waals surface area contributed by atoms with Crippen LogP contribution in [0.1, 0.15) is 18.5 Å². The molecule has 4 heteroatoms. The third kappa shape index (κ3) is 3.31. The van der Waals surface area contributed by atoms with Crippen molar-refractivity contribution in [1.29, 1.82) is 0 Å². The zero-order valence-electron chi connectivity index (χ0n) is 10.7. The highest BCUT2D eigenvalue weighted by Crippen LogP contribution is 2.23. The quantitative estimate of drug-likeness (QED) is 0.658. The Hall–Kier alpha value is -2.36. The zero-order valence-corrected chi connectivity index (χ0v) is 10.7. The van der Waals surface area contributed by atoms with Gasteiger partial charge in [-0.05, 0) is 17.7 Å². The van der Waals surface area contributed by atoms with Crippen LogP contribution in [-0.2, 0) is 0 Å². The Morgan fingerprint density at radius 3 is 2.05 bits per heavy atom. The molecule has 2 rings (SSSR count). The summed E-state index contributed by atoms with van der Waals surface area (Å²) in [4.78, 5) is 10.8. The largest absolute Gasteiger partial charge is 0.372 e. The van der Waals surface area contributed by atoms with Crippen molar-refractivity contribution in [2.75, 3.05) is 5.32 Å². The van der Waals surface area contributed by atoms with Gasteiger partial charge < -0.3 is 5.32 Å². The molecule has 0 bridgehead atoms. The number of para-hydroxylation sites is 1. The molecular formula is C15H16N2O2. The topological polar surface area (TPSA) is 55.2 Å². The molecule has 0 aliphatic carbocycles. The molecule has 2 aromatic carbocycles. The van der Waals surface area contributed by atoms with Gasteiger partial charge in [-0.1, -0.05) is 48.5 Å². The Kier molecular flexibility index (Phi) is 4.13. The fourth-order valence-electron chi connectivity index (χ4n) is 1.98. The van der Waals surface area contributed by atoms with E-state index in [0.29, 0.717) is 0 Å². The number of nitrogens with zero attached hydrogens (tertiary/aromatic N) is 1. The van der Waals surface area contributed by atoms with Gasteiger partial charge in [0.1, 0.15) is 6.04 Å². The van der Waals surface area contributed by atoms with Gasteiger partial charge in [0.05, 0.1) is 0 Å². The van der Waals surface area contributed by atoms with Crippen molar-refractivity contribution in [3.05, 3.63) is 76.3 Å². The maximum Gasteiger partial charge on any atom is 0.234 e. The first-order valence-corrected chi connectivity index (χ1v) is 6.18. The summed E-state index contributed by atoms with van der Waals surface area (Å²) in [5.41, 5.74) is 1.79. The number of rotatable bonds is 5. The van der Waals surface area contributed by atoms with Crippen LogP contribution in [0.5, 0.6) is 0 Å². The van der Waals surface area contributed by atoms with Gasteiger partial charge in [-0.3, -0.25) is 10.1 Å². The normalized spacial score (nSPS) is 13.5. The van der Waals surface area contributed by atoms with Gasteiger partial charge in [0.15, 0.2) is 0 Å². The van der Waals surface area contributed by atoms with Crippen molar-refractivity contribution in [2.45, 2.75) is 19.0 Å². The molecule has 0 aliphatic rings. The highest BCUT2D eigenvalue weighted by Gasteiger charge is 2.27. The predicted octanol–water partition coefficient (Wildman–Crippen LogP) is 3.51. The van der Waals surface area contributed by atoms with E-state index >= 15 is 0 Å². The van der Waals surface area contributed by atoms with Crippen LogP contribution >= 0.6 is 0 Å². The summed E-state index contributed by atoms with van der Waals surface area (Å²) < 4.78 is 0. The maximum atomic E-state index is 11.1. The fourth-order valence-corrected chi connectivity index (χ4v) is 1.98. The third-order valence-corrected chi connectivity index (χ3v) is 3.07. The first kappa shape index (κ1) is 13.1. The molecule has 1 N–H and O–H groups in total. The minimum Gasteiger partial charge on any atom is -0.372 e. The van der Waals surface area contributed by atoms with Crippen molar-refractivity contribution in [1.82, 2.24) is 0 Å². The van der Waals surface area contributed by atoms with Gasteiger partial charge in [0.2, 0.25) is 6.04 Å². The summed E-state index contributed by atoms with van der Waals surface area (Å²) in [6, 6.07) is 18.0. The van der Waals surface area contributed by atoms with Gasteiger partial charge >= 0.3 is 0 Å². The number of hydrogen-bond acceptors (Lipinski definition) is 3. The molecule has 0 fully saturated rings. The number of hydrogen-bond donors (Lipinski definition) is 1. The SMILES string of the molecule is C[C@@H]([C@H](Nc1ccccc1)c1ccccc1)[N+](=O)[O-]. The smallest absolute Gasteiger partial charge is 0.234 e. The Morgan fingerprint density at radius 2 is 1.53 bits per heavy atom. The molecule has 98 valence electrons. The average Bonchev–Trinajstić information content (AvgIpc) is 2.46. The second-order valence-corrected chi connectivity index (χ2v) is 4.42. The van der Waals surface area contributed by atoms with E-state index in [1.807, 2.05) is 60.7 Å². The van der Waals surface area contributed by atoms with Crippen molar-refractivity contribution >= 4 is 5.69 Å². The molecule has 0 aliphatic heterocycles. The molecule has 4 nitrogen and oxygen atoms in total. The number of benzene rings is 2. The molecule has 0 unspecified atom stereocenters. The molecule has 19 heavy (non-hydrogen) atoms. The molecule has 0 radical (unpaired) electrons. The lowest BCUT2D eigenvalue weighted by molar-refractivity contribution is -0.521. The van der Waals surface area contributed by atoms with Gasteiger partial charge in [-0.2, -0.15) is 0 Å². The predicted molar refractivity (Wildman–Crippen MR) is 75.7 cm³/mol. The van der Waals surface area contributed by atoms with E-state index in [1.165, 1.54) is 0 Å². The van der Waals surface area contributed by atoms with Crippen molar-refractivity contribution in [3.63, 3.8) is 0 Å². The van der Waals surface area contributed by atoms with Crippen LogP contribution in [-0.4, -0.2) is 11.0 Å². The minimum absolute atomic E-state index is 0.256. The fraction of sp³-hybridized carbons (Fsp3) is 0.200. The Bertz CT molecular complexity index is 528. The summed E-state index contributed by atoms with van der Waals surface area (Å²) in [6.45, 7) is 1.62. The van der Waals surface area contributed by atoms with Gasteiger partial charge in [0.25, 0.3) is 0 Å². The molecular weight excluding hydrogens is 240 g/mol. The van der Waals surface area contributed by atoms with E-state index in [1.54, 1.807) is 6.92 Å². The van der Waals surface area contributed by atoms with E-state index in [9.17, 15) is 10.1 Å². The Labute approximate surface area is 112 Å². The number of nitro groups is 1. The Morgan fingerprint density at radius 1 is 1.00 bits per heavy atom. The van der Waals surface area contributed by atoms with Crippen LogP contribution in [0.25, 0.3) is 0 Å². The van der Waals surface area contributed by atoms with E-state index < -0.39 is 6.04 Å². The molecule has 0 heterocycles. The second kappa shape index (κ2) is 6.00. The summed E-state index contributed by atoms with van der Waals surface area (Å²) in [5.74, 6) is 0. The third-order valence-electron chi connectivity index (χ3n) is 3.07. The van der Waals surface area contributed by atoms with Crippen molar-refractivity contribution in [2.24, 2.45) is 0 Å². The summed E-state index contributed by atoms with van der Waals surface area (Å²) in [6.07, 6.45) is 0. The van der Waals surface area contributed by atoms with E-state index in [-0.39, 0.29) is 11.0 Å². The molecule has 2 aromatic rings. The molecule has 0 saturated heterocycles. The van der Waals surface area contributed by atoms with E-state index in [2.05, 4.69) is 5.32 Å².